The SMILES string of the molecule is CS(=O)(=O)c1ccc(CC(=O)N2CCC[C@@]3(CCOC3)C2)cc1. The first-order valence-corrected chi connectivity index (χ1v) is 9.92. The smallest absolute Gasteiger partial charge is 0.227 e. The number of carbonyl (C=O) groups is 1. The van der Waals surface area contributed by atoms with Crippen LogP contribution in [-0.4, -0.2) is 51.8 Å². The van der Waals surface area contributed by atoms with Crippen LogP contribution in [0.1, 0.15) is 24.8 Å². The highest BCUT2D eigenvalue weighted by Crippen LogP contribution is 2.37. The van der Waals surface area contributed by atoms with Crippen LogP contribution in [0.25, 0.3) is 0 Å². The Kier molecular flexibility index (Phi) is 4.47. The van der Waals surface area contributed by atoms with Crippen molar-refractivity contribution in [3.63, 3.8) is 0 Å². The minimum atomic E-state index is -3.19. The maximum Gasteiger partial charge on any atom is 0.227 e. The van der Waals surface area contributed by atoms with Crippen LogP contribution in [0.3, 0.4) is 0 Å². The van der Waals surface area contributed by atoms with Crippen molar-refractivity contribution in [2.24, 2.45) is 5.41 Å². The summed E-state index contributed by atoms with van der Waals surface area (Å²) < 4.78 is 28.5. The predicted octanol–water partition coefficient (Wildman–Crippen LogP) is 1.66. The molecule has 0 unspecified atom stereocenters. The van der Waals surface area contributed by atoms with Gasteiger partial charge in [0.1, 0.15) is 0 Å². The minimum Gasteiger partial charge on any atom is -0.381 e. The Labute approximate surface area is 137 Å². The number of benzene rings is 1. The molecule has 1 aromatic carbocycles. The third kappa shape index (κ3) is 3.75. The van der Waals surface area contributed by atoms with E-state index in [1.165, 1.54) is 6.26 Å². The third-order valence-electron chi connectivity index (χ3n) is 4.91. The Balaban J connectivity index is 1.64. The second-order valence-corrected chi connectivity index (χ2v) is 8.83. The van der Waals surface area contributed by atoms with Crippen LogP contribution in [-0.2, 0) is 25.8 Å². The summed E-state index contributed by atoms with van der Waals surface area (Å²) in [5.41, 5.74) is 1.01. The molecule has 6 heteroatoms. The van der Waals surface area contributed by atoms with Crippen molar-refractivity contribution < 1.29 is 17.9 Å². The molecule has 2 fully saturated rings. The van der Waals surface area contributed by atoms with E-state index in [-0.39, 0.29) is 16.2 Å². The highest BCUT2D eigenvalue weighted by Gasteiger charge is 2.40. The van der Waals surface area contributed by atoms with E-state index < -0.39 is 9.84 Å². The molecular weight excluding hydrogens is 314 g/mol. The van der Waals surface area contributed by atoms with Gasteiger partial charge in [-0.3, -0.25) is 4.79 Å². The van der Waals surface area contributed by atoms with Crippen molar-refractivity contribution >= 4 is 15.7 Å². The van der Waals surface area contributed by atoms with Gasteiger partial charge >= 0.3 is 0 Å². The van der Waals surface area contributed by atoms with Gasteiger partial charge in [-0.15, -0.1) is 0 Å². The van der Waals surface area contributed by atoms with Crippen molar-refractivity contribution in [3.8, 4) is 0 Å². The lowest BCUT2D eigenvalue weighted by Gasteiger charge is -2.39. The minimum absolute atomic E-state index is 0.114. The fourth-order valence-electron chi connectivity index (χ4n) is 3.53. The number of nitrogens with zero attached hydrogens (tertiary/aromatic N) is 1. The zero-order valence-corrected chi connectivity index (χ0v) is 14.3. The fourth-order valence-corrected chi connectivity index (χ4v) is 4.16. The second-order valence-electron chi connectivity index (χ2n) is 6.81. The van der Waals surface area contributed by atoms with E-state index >= 15 is 0 Å². The molecule has 0 aromatic heterocycles. The van der Waals surface area contributed by atoms with Crippen LogP contribution < -0.4 is 0 Å². The highest BCUT2D eigenvalue weighted by molar-refractivity contribution is 7.90. The fraction of sp³-hybridized carbons (Fsp3) is 0.588. The summed E-state index contributed by atoms with van der Waals surface area (Å²) in [5, 5.41) is 0. The molecule has 2 saturated heterocycles. The largest absolute Gasteiger partial charge is 0.381 e. The number of hydrogen-bond donors (Lipinski definition) is 0. The molecule has 2 aliphatic rings. The van der Waals surface area contributed by atoms with Crippen molar-refractivity contribution in [2.75, 3.05) is 32.6 Å². The normalized spacial score (nSPS) is 25.0. The molecule has 1 amide bonds. The molecule has 126 valence electrons. The molecule has 23 heavy (non-hydrogen) atoms. The van der Waals surface area contributed by atoms with Crippen molar-refractivity contribution in [2.45, 2.75) is 30.6 Å². The van der Waals surface area contributed by atoms with Gasteiger partial charge in [0.25, 0.3) is 0 Å². The Hall–Kier alpha value is -1.40. The molecule has 0 saturated carbocycles. The van der Waals surface area contributed by atoms with Gasteiger partial charge in [0.2, 0.25) is 5.91 Å². The molecule has 3 rings (SSSR count). The molecule has 0 radical (unpaired) electrons. The van der Waals surface area contributed by atoms with Crippen LogP contribution in [0.15, 0.2) is 29.2 Å². The lowest BCUT2D eigenvalue weighted by molar-refractivity contribution is -0.134. The van der Waals surface area contributed by atoms with Gasteiger partial charge < -0.3 is 9.64 Å². The molecule has 0 aliphatic carbocycles. The number of likely N-dealkylation sites (tertiary alicyclic amines) is 1. The first-order valence-electron chi connectivity index (χ1n) is 8.03. The topological polar surface area (TPSA) is 63.7 Å². The second kappa shape index (κ2) is 6.24. The molecule has 1 spiro atoms. The first kappa shape index (κ1) is 16.5. The number of carbonyl (C=O) groups excluding carboxylic acids is 1. The zero-order chi connectivity index (χ0) is 16.5. The maximum atomic E-state index is 12.6. The molecular formula is C17H23NO4S. The molecule has 1 atom stereocenters. The summed E-state index contributed by atoms with van der Waals surface area (Å²) in [6, 6.07) is 6.60. The van der Waals surface area contributed by atoms with E-state index in [2.05, 4.69) is 0 Å². The summed E-state index contributed by atoms with van der Waals surface area (Å²) in [6.07, 6.45) is 4.72. The number of piperidine rings is 1. The van der Waals surface area contributed by atoms with Crippen LogP contribution in [0, 0.1) is 5.41 Å². The van der Waals surface area contributed by atoms with Gasteiger partial charge in [-0.05, 0) is 37.0 Å². The summed E-state index contributed by atoms with van der Waals surface area (Å²) in [6.45, 7) is 3.16. The average Bonchev–Trinajstić information content (AvgIpc) is 2.94. The van der Waals surface area contributed by atoms with Gasteiger partial charge in [-0.25, -0.2) is 8.42 Å². The summed E-state index contributed by atoms with van der Waals surface area (Å²) in [7, 11) is -3.19. The quantitative estimate of drug-likeness (QED) is 0.841. The molecule has 2 aliphatic heterocycles. The van der Waals surface area contributed by atoms with E-state index in [9.17, 15) is 13.2 Å². The van der Waals surface area contributed by atoms with Gasteiger partial charge in [0, 0.05) is 31.4 Å². The first-order chi connectivity index (χ1) is 10.9. The highest BCUT2D eigenvalue weighted by atomic mass is 32.2. The number of sulfone groups is 1. The lowest BCUT2D eigenvalue weighted by atomic mass is 9.79. The molecule has 1 aromatic rings. The molecule has 2 heterocycles. The Morgan fingerprint density at radius 1 is 1.26 bits per heavy atom. The van der Waals surface area contributed by atoms with Crippen LogP contribution >= 0.6 is 0 Å². The summed E-state index contributed by atoms with van der Waals surface area (Å²) in [4.78, 5) is 14.8. The third-order valence-corrected chi connectivity index (χ3v) is 6.03. The van der Waals surface area contributed by atoms with Crippen LogP contribution in [0.4, 0.5) is 0 Å². The van der Waals surface area contributed by atoms with Crippen molar-refractivity contribution in [1.29, 1.82) is 0 Å². The van der Waals surface area contributed by atoms with Crippen LogP contribution in [0.2, 0.25) is 0 Å². The maximum absolute atomic E-state index is 12.6. The number of rotatable bonds is 3. The van der Waals surface area contributed by atoms with E-state index in [4.69, 9.17) is 4.74 Å². The average molecular weight is 337 g/mol. The Bertz CT molecular complexity index is 675. The Morgan fingerprint density at radius 2 is 2.00 bits per heavy atom. The molecule has 5 nitrogen and oxygen atoms in total. The van der Waals surface area contributed by atoms with E-state index in [1.807, 2.05) is 4.90 Å². The van der Waals surface area contributed by atoms with Gasteiger partial charge in [0.15, 0.2) is 9.84 Å². The zero-order valence-electron chi connectivity index (χ0n) is 13.5. The summed E-state index contributed by atoms with van der Waals surface area (Å²) in [5.74, 6) is 0.114. The number of hydrogen-bond acceptors (Lipinski definition) is 4. The van der Waals surface area contributed by atoms with Crippen molar-refractivity contribution in [1.82, 2.24) is 4.90 Å². The lowest BCUT2D eigenvalue weighted by Crippen LogP contribution is -2.47. The van der Waals surface area contributed by atoms with Crippen molar-refractivity contribution in [3.05, 3.63) is 29.8 Å². The summed E-state index contributed by atoms with van der Waals surface area (Å²) >= 11 is 0. The van der Waals surface area contributed by atoms with Gasteiger partial charge in [-0.1, -0.05) is 12.1 Å². The van der Waals surface area contributed by atoms with E-state index in [1.54, 1.807) is 24.3 Å². The number of amides is 1. The van der Waals surface area contributed by atoms with E-state index in [0.717, 1.165) is 51.1 Å². The predicted molar refractivity (Wildman–Crippen MR) is 86.9 cm³/mol. The standard InChI is InChI=1S/C17H23NO4S/c1-23(20,21)15-5-3-14(4-6-15)11-16(19)18-9-2-7-17(12-18)8-10-22-13-17/h3-6H,2,7-13H2,1H3/t17-/m1/s1. The van der Waals surface area contributed by atoms with Crippen LogP contribution in [0.5, 0.6) is 0 Å². The Morgan fingerprint density at radius 3 is 2.61 bits per heavy atom. The molecule has 0 N–H and O–H groups in total. The van der Waals surface area contributed by atoms with Gasteiger partial charge in [-0.2, -0.15) is 0 Å². The van der Waals surface area contributed by atoms with Gasteiger partial charge in [0.05, 0.1) is 17.9 Å². The number of ether oxygens (including phenoxy) is 1. The molecule has 0 bridgehead atoms. The monoisotopic (exact) mass is 337 g/mol. The van der Waals surface area contributed by atoms with E-state index in [0.29, 0.717) is 6.42 Å².